The molecule has 0 aromatic heterocycles. The molecular formula is C24H25B3O2. The molecular weight excluding hydrogens is 353 g/mol. The number of aromatic hydroxyl groups is 2. The van der Waals surface area contributed by atoms with Crippen LogP contribution in [-0.4, -0.2) is 33.8 Å². The molecule has 0 aliphatic heterocycles. The van der Waals surface area contributed by atoms with Crippen molar-refractivity contribution in [2.45, 2.75) is 43.6 Å². The zero-order chi connectivity index (χ0) is 21.2. The maximum Gasteiger partial charge on any atom is 0.123 e. The SMILES string of the molecule is [B]C([B])([B])C(=C)C1CCC(C)=CC1c1c(O)cc(CCc2ccccc2)cc1O. The second kappa shape index (κ2) is 8.61. The van der Waals surface area contributed by atoms with Crippen LogP contribution < -0.4 is 0 Å². The van der Waals surface area contributed by atoms with Gasteiger partial charge >= 0.3 is 0 Å². The van der Waals surface area contributed by atoms with Crippen molar-refractivity contribution >= 4 is 23.5 Å². The van der Waals surface area contributed by atoms with Crippen molar-refractivity contribution in [2.24, 2.45) is 5.92 Å². The highest BCUT2D eigenvalue weighted by atomic mass is 16.3. The monoisotopic (exact) mass is 378 g/mol. The van der Waals surface area contributed by atoms with Gasteiger partial charge in [-0.05, 0) is 61.8 Å². The quantitative estimate of drug-likeness (QED) is 0.576. The Hall–Kier alpha value is -2.29. The fourth-order valence-corrected chi connectivity index (χ4v) is 4.16. The Morgan fingerprint density at radius 2 is 1.62 bits per heavy atom. The molecule has 3 rings (SSSR count). The molecule has 6 radical (unpaired) electrons. The summed E-state index contributed by atoms with van der Waals surface area (Å²) in [6.45, 7) is 6.06. The predicted octanol–water partition coefficient (Wildman–Crippen LogP) is 4.46. The molecule has 0 saturated heterocycles. The molecule has 2 aromatic rings. The second-order valence-corrected chi connectivity index (χ2v) is 8.18. The summed E-state index contributed by atoms with van der Waals surface area (Å²) in [6, 6.07) is 13.6. The predicted molar refractivity (Wildman–Crippen MR) is 122 cm³/mol. The number of benzene rings is 2. The lowest BCUT2D eigenvalue weighted by Crippen LogP contribution is -2.27. The van der Waals surface area contributed by atoms with Crippen LogP contribution in [0, 0.1) is 5.92 Å². The third-order valence-corrected chi connectivity index (χ3v) is 5.83. The summed E-state index contributed by atoms with van der Waals surface area (Å²) in [6.07, 6.45) is 5.22. The number of phenolic OH excluding ortho intramolecular Hbond substituents is 2. The molecule has 0 saturated carbocycles. The van der Waals surface area contributed by atoms with Gasteiger partial charge in [0.25, 0.3) is 0 Å². The Morgan fingerprint density at radius 3 is 2.21 bits per heavy atom. The largest absolute Gasteiger partial charge is 0.507 e. The summed E-state index contributed by atoms with van der Waals surface area (Å²) in [7, 11) is 17.7. The number of hydrogen-bond donors (Lipinski definition) is 2. The Morgan fingerprint density at radius 1 is 1.03 bits per heavy atom. The Balaban J connectivity index is 1.90. The first-order chi connectivity index (χ1) is 13.7. The molecule has 2 N–H and O–H groups in total. The fourth-order valence-electron chi connectivity index (χ4n) is 4.16. The molecule has 29 heavy (non-hydrogen) atoms. The number of hydrogen-bond acceptors (Lipinski definition) is 2. The second-order valence-electron chi connectivity index (χ2n) is 8.18. The third-order valence-electron chi connectivity index (χ3n) is 5.83. The standard InChI is InChI=1S/C24H25B3O2/c1-15-8-11-19(16(2)24(25,26)27)20(12-15)23-21(28)13-18(14-22(23)29)10-9-17-6-4-3-5-7-17/h3-7,12-14,19-20,28-29H,2,8-11H2,1H3. The van der Waals surface area contributed by atoms with Crippen molar-refractivity contribution in [3.8, 4) is 11.5 Å². The smallest absolute Gasteiger partial charge is 0.123 e. The Bertz CT molecular complexity index is 890. The van der Waals surface area contributed by atoms with E-state index in [9.17, 15) is 10.2 Å². The third kappa shape index (κ3) is 5.01. The lowest BCUT2D eigenvalue weighted by atomic mass is 9.37. The van der Waals surface area contributed by atoms with Gasteiger partial charge in [0.2, 0.25) is 0 Å². The summed E-state index contributed by atoms with van der Waals surface area (Å²) in [4.78, 5) is 0. The van der Waals surface area contributed by atoms with E-state index in [4.69, 9.17) is 23.5 Å². The van der Waals surface area contributed by atoms with Crippen LogP contribution >= 0.6 is 0 Å². The number of rotatable bonds is 6. The van der Waals surface area contributed by atoms with Gasteiger partial charge in [-0.15, -0.1) is 11.7 Å². The minimum Gasteiger partial charge on any atom is -0.507 e. The van der Waals surface area contributed by atoms with E-state index >= 15 is 0 Å². The number of phenols is 2. The van der Waals surface area contributed by atoms with Crippen molar-refractivity contribution in [1.82, 2.24) is 0 Å². The average Bonchev–Trinajstić information content (AvgIpc) is 2.66. The van der Waals surface area contributed by atoms with E-state index in [-0.39, 0.29) is 23.3 Å². The highest BCUT2D eigenvalue weighted by Crippen LogP contribution is 2.49. The van der Waals surface area contributed by atoms with Gasteiger partial charge in [-0.2, -0.15) is 0 Å². The van der Waals surface area contributed by atoms with Gasteiger partial charge in [-0.25, -0.2) is 0 Å². The van der Waals surface area contributed by atoms with E-state index < -0.39 is 5.11 Å². The van der Waals surface area contributed by atoms with Crippen LogP contribution in [0.3, 0.4) is 0 Å². The molecule has 0 heterocycles. The van der Waals surface area contributed by atoms with Crippen LogP contribution in [0.15, 0.2) is 66.3 Å². The van der Waals surface area contributed by atoms with Crippen molar-refractivity contribution in [3.05, 3.63) is 83.0 Å². The van der Waals surface area contributed by atoms with Crippen LogP contribution in [-0.2, 0) is 12.8 Å². The highest BCUT2D eigenvalue weighted by molar-refractivity contribution is 6.61. The van der Waals surface area contributed by atoms with E-state index in [0.29, 0.717) is 11.1 Å². The van der Waals surface area contributed by atoms with Gasteiger partial charge in [0, 0.05) is 11.5 Å². The zero-order valence-corrected chi connectivity index (χ0v) is 16.9. The molecule has 142 valence electrons. The van der Waals surface area contributed by atoms with E-state index in [0.717, 1.165) is 31.2 Å². The van der Waals surface area contributed by atoms with E-state index in [2.05, 4.69) is 18.7 Å². The van der Waals surface area contributed by atoms with Crippen LogP contribution in [0.2, 0.25) is 5.11 Å². The van der Waals surface area contributed by atoms with Crippen LogP contribution in [0.25, 0.3) is 0 Å². The minimum absolute atomic E-state index is 0.0680. The summed E-state index contributed by atoms with van der Waals surface area (Å²) < 4.78 is 0. The van der Waals surface area contributed by atoms with Crippen molar-refractivity contribution in [2.75, 3.05) is 0 Å². The molecule has 2 atom stereocenters. The lowest BCUT2D eigenvalue weighted by Gasteiger charge is -2.38. The van der Waals surface area contributed by atoms with E-state index in [1.54, 1.807) is 12.1 Å². The van der Waals surface area contributed by atoms with Gasteiger partial charge < -0.3 is 10.2 Å². The summed E-state index contributed by atoms with van der Waals surface area (Å²) in [5, 5.41) is 20.1. The van der Waals surface area contributed by atoms with Crippen LogP contribution in [0.5, 0.6) is 11.5 Å². The first-order valence-electron chi connectivity index (χ1n) is 9.98. The molecule has 1 aliphatic carbocycles. The van der Waals surface area contributed by atoms with Gasteiger partial charge in [-0.3, -0.25) is 0 Å². The maximum absolute atomic E-state index is 10.8. The fraction of sp³-hybridized carbons (Fsp3) is 0.333. The Kier molecular flexibility index (Phi) is 6.36. The van der Waals surface area contributed by atoms with Crippen LogP contribution in [0.4, 0.5) is 0 Å². The van der Waals surface area contributed by atoms with Gasteiger partial charge in [0.1, 0.15) is 11.5 Å². The molecule has 0 fully saturated rings. The molecule has 0 spiro atoms. The van der Waals surface area contributed by atoms with Gasteiger partial charge in [0.15, 0.2) is 0 Å². The topological polar surface area (TPSA) is 40.5 Å². The Labute approximate surface area is 178 Å². The van der Waals surface area contributed by atoms with E-state index in [1.807, 2.05) is 31.2 Å². The first-order valence-corrected chi connectivity index (χ1v) is 9.98. The molecule has 2 unspecified atom stereocenters. The molecule has 2 aromatic carbocycles. The highest BCUT2D eigenvalue weighted by Gasteiger charge is 2.34. The average molecular weight is 378 g/mol. The minimum atomic E-state index is -1.51. The first kappa shape index (κ1) is 21.4. The van der Waals surface area contributed by atoms with Crippen molar-refractivity contribution < 1.29 is 10.2 Å². The maximum atomic E-state index is 10.8. The summed E-state index contributed by atoms with van der Waals surface area (Å²) in [5.41, 5.74) is 4.26. The van der Waals surface area contributed by atoms with Crippen molar-refractivity contribution in [1.29, 1.82) is 0 Å². The summed E-state index contributed by atoms with van der Waals surface area (Å²) in [5.74, 6) is -0.308. The van der Waals surface area contributed by atoms with Gasteiger partial charge in [-0.1, -0.05) is 47.6 Å². The molecule has 2 nitrogen and oxygen atoms in total. The molecule has 0 amide bonds. The zero-order valence-electron chi connectivity index (χ0n) is 16.9. The molecule has 5 heteroatoms. The van der Waals surface area contributed by atoms with Crippen molar-refractivity contribution in [3.63, 3.8) is 0 Å². The van der Waals surface area contributed by atoms with Gasteiger partial charge in [0.05, 0.1) is 23.5 Å². The summed E-state index contributed by atoms with van der Waals surface area (Å²) >= 11 is 0. The lowest BCUT2D eigenvalue weighted by molar-refractivity contribution is 0.404. The number of aryl methyl sites for hydroxylation is 2. The normalized spacial score (nSPS) is 19.6. The van der Waals surface area contributed by atoms with Crippen LogP contribution in [0.1, 0.15) is 42.4 Å². The molecule has 1 aliphatic rings. The van der Waals surface area contributed by atoms with E-state index in [1.165, 1.54) is 11.1 Å². The number of allylic oxidation sites excluding steroid dienone is 3. The molecule has 0 bridgehead atoms.